The molecule has 0 aliphatic heterocycles. The van der Waals surface area contributed by atoms with Gasteiger partial charge in [-0.15, -0.1) is 22.7 Å². The van der Waals surface area contributed by atoms with Gasteiger partial charge in [-0.2, -0.15) is 0 Å². The summed E-state index contributed by atoms with van der Waals surface area (Å²) >= 11 is 2.85. The molecule has 0 atom stereocenters. The van der Waals surface area contributed by atoms with Gasteiger partial charge in [0.1, 0.15) is 5.00 Å². The summed E-state index contributed by atoms with van der Waals surface area (Å²) in [5.74, 6) is 0.0428. The Morgan fingerprint density at radius 2 is 1.82 bits per heavy atom. The van der Waals surface area contributed by atoms with Gasteiger partial charge in [0.25, 0.3) is 5.70 Å². The van der Waals surface area contributed by atoms with E-state index in [-0.39, 0.29) is 5.70 Å². The van der Waals surface area contributed by atoms with Crippen molar-refractivity contribution in [1.82, 2.24) is 0 Å². The number of carbonyl (C=O) groups is 1. The summed E-state index contributed by atoms with van der Waals surface area (Å²) in [7, 11) is 6.97. The number of rotatable bonds is 5. The van der Waals surface area contributed by atoms with Gasteiger partial charge in [0.2, 0.25) is 0 Å². The Morgan fingerprint density at radius 3 is 2.27 bits per heavy atom. The predicted molar refractivity (Wildman–Crippen MR) is 89.3 cm³/mol. The van der Waals surface area contributed by atoms with Gasteiger partial charge in [-0.1, -0.05) is 0 Å². The summed E-state index contributed by atoms with van der Waals surface area (Å²) in [6.45, 7) is 6.94. The van der Waals surface area contributed by atoms with Gasteiger partial charge in [0, 0.05) is 14.1 Å². The SMILES string of the molecule is [C-]#[N+]/C(=C\c1sc2c(OC)c(N(C)C)sc2c1OC)C(=O)O. The molecule has 0 fully saturated rings. The fraction of sp³-hybridized carbons (Fsp3) is 0.286. The van der Waals surface area contributed by atoms with Crippen molar-refractivity contribution in [2.45, 2.75) is 0 Å². The molecule has 0 bridgehead atoms. The zero-order valence-electron chi connectivity index (χ0n) is 12.5. The lowest BCUT2D eigenvalue weighted by Gasteiger charge is -2.11. The molecule has 2 rings (SSSR count). The monoisotopic (exact) mass is 338 g/mol. The molecule has 6 nitrogen and oxygen atoms in total. The number of fused-ring (bicyclic) bond motifs is 1. The molecule has 0 aliphatic carbocycles. The van der Waals surface area contributed by atoms with Gasteiger partial charge >= 0.3 is 5.97 Å². The van der Waals surface area contributed by atoms with Crippen molar-refractivity contribution in [3.8, 4) is 11.5 Å². The number of thiophene rings is 2. The second-order valence-electron chi connectivity index (χ2n) is 4.44. The topological polar surface area (TPSA) is 63.4 Å². The molecule has 0 amide bonds. The zero-order valence-corrected chi connectivity index (χ0v) is 14.1. The number of methoxy groups -OCH3 is 2. The van der Waals surface area contributed by atoms with Crippen LogP contribution in [0, 0.1) is 6.57 Å². The summed E-state index contributed by atoms with van der Waals surface area (Å²) in [5.41, 5.74) is -0.348. The molecule has 0 radical (unpaired) electrons. The molecule has 8 heteroatoms. The highest BCUT2D eigenvalue weighted by Gasteiger charge is 2.23. The van der Waals surface area contributed by atoms with E-state index >= 15 is 0 Å². The summed E-state index contributed by atoms with van der Waals surface area (Å²) in [6, 6.07) is 0. The number of carboxylic acid groups (broad SMARTS) is 1. The number of hydrogen-bond acceptors (Lipinski definition) is 6. The van der Waals surface area contributed by atoms with E-state index in [1.165, 1.54) is 35.9 Å². The lowest BCUT2D eigenvalue weighted by molar-refractivity contribution is -0.132. The summed E-state index contributed by atoms with van der Waals surface area (Å²) in [6.07, 6.45) is 1.33. The van der Waals surface area contributed by atoms with Gasteiger partial charge in [-0.3, -0.25) is 4.79 Å². The minimum atomic E-state index is -1.25. The average Bonchev–Trinajstić information content (AvgIpc) is 2.98. The maximum Gasteiger partial charge on any atom is 0.333 e. The van der Waals surface area contributed by atoms with Crippen LogP contribution in [0.25, 0.3) is 20.3 Å². The Kier molecular flexibility index (Phi) is 4.59. The summed E-state index contributed by atoms with van der Waals surface area (Å²) in [4.78, 5) is 16.6. The van der Waals surface area contributed by atoms with Crippen molar-refractivity contribution in [3.05, 3.63) is 22.0 Å². The fourth-order valence-electron chi connectivity index (χ4n) is 1.93. The smallest absolute Gasteiger partial charge is 0.333 e. The van der Waals surface area contributed by atoms with Crippen LogP contribution in [0.3, 0.4) is 0 Å². The van der Waals surface area contributed by atoms with E-state index in [0.717, 1.165) is 20.2 Å². The molecule has 0 saturated heterocycles. The Labute approximate surface area is 135 Å². The van der Waals surface area contributed by atoms with Crippen molar-refractivity contribution in [2.75, 3.05) is 33.2 Å². The Hall–Kier alpha value is -2.24. The molecule has 2 aromatic rings. The second-order valence-corrected chi connectivity index (χ2v) is 6.49. The molecule has 2 aromatic heterocycles. The lowest BCUT2D eigenvalue weighted by atomic mass is 10.3. The van der Waals surface area contributed by atoms with Crippen LogP contribution in [0.1, 0.15) is 4.88 Å². The van der Waals surface area contributed by atoms with Gasteiger partial charge < -0.3 is 19.5 Å². The Balaban J connectivity index is 2.72. The summed E-state index contributed by atoms with van der Waals surface area (Å²) in [5, 5.41) is 9.95. The molecule has 0 aliphatic rings. The van der Waals surface area contributed by atoms with Crippen LogP contribution >= 0.6 is 22.7 Å². The molecule has 0 saturated carbocycles. The first-order valence-corrected chi connectivity index (χ1v) is 7.74. The quantitative estimate of drug-likeness (QED) is 0.669. The number of hydrogen-bond donors (Lipinski definition) is 1. The van der Waals surface area contributed by atoms with Crippen LogP contribution in [0.2, 0.25) is 0 Å². The third kappa shape index (κ3) is 2.61. The highest BCUT2D eigenvalue weighted by molar-refractivity contribution is 7.31. The van der Waals surface area contributed by atoms with Crippen LogP contribution in [-0.2, 0) is 4.79 Å². The molecular formula is C14H14N2O4S2. The fourth-order valence-corrected chi connectivity index (χ4v) is 4.56. The van der Waals surface area contributed by atoms with Crippen molar-refractivity contribution in [1.29, 1.82) is 0 Å². The molecule has 2 heterocycles. The number of aliphatic carboxylic acids is 1. The number of anilines is 1. The van der Waals surface area contributed by atoms with Crippen LogP contribution in [-0.4, -0.2) is 39.4 Å². The number of carboxylic acids is 1. The molecular weight excluding hydrogens is 324 g/mol. The van der Waals surface area contributed by atoms with E-state index in [0.29, 0.717) is 10.6 Å². The van der Waals surface area contributed by atoms with Gasteiger partial charge in [0.05, 0.1) is 35.1 Å². The molecule has 0 unspecified atom stereocenters. The minimum Gasteiger partial charge on any atom is -0.494 e. The maximum atomic E-state index is 11.0. The third-order valence-corrected chi connectivity index (χ3v) is 5.45. The van der Waals surface area contributed by atoms with Crippen LogP contribution in [0.5, 0.6) is 11.5 Å². The average molecular weight is 338 g/mol. The van der Waals surface area contributed by atoms with E-state index in [2.05, 4.69) is 4.85 Å². The van der Waals surface area contributed by atoms with E-state index in [1.54, 1.807) is 7.11 Å². The van der Waals surface area contributed by atoms with Crippen molar-refractivity contribution in [3.63, 3.8) is 0 Å². The largest absolute Gasteiger partial charge is 0.494 e. The highest BCUT2D eigenvalue weighted by Crippen LogP contribution is 2.53. The van der Waals surface area contributed by atoms with Gasteiger partial charge in [-0.05, 0) is 6.08 Å². The molecule has 1 N–H and O–H groups in total. The summed E-state index contributed by atoms with van der Waals surface area (Å²) < 4.78 is 12.7. The van der Waals surface area contributed by atoms with E-state index in [9.17, 15) is 4.79 Å². The van der Waals surface area contributed by atoms with Gasteiger partial charge in [-0.25, -0.2) is 4.85 Å². The second kappa shape index (κ2) is 6.25. The van der Waals surface area contributed by atoms with E-state index < -0.39 is 5.97 Å². The highest BCUT2D eigenvalue weighted by atomic mass is 32.1. The van der Waals surface area contributed by atoms with Crippen molar-refractivity contribution >= 4 is 49.1 Å². The van der Waals surface area contributed by atoms with Crippen molar-refractivity contribution in [2.24, 2.45) is 0 Å². The first-order chi connectivity index (χ1) is 10.4. The number of ether oxygens (including phenoxy) is 2. The Bertz CT molecular complexity index is 796. The van der Waals surface area contributed by atoms with E-state index in [1.807, 2.05) is 19.0 Å². The van der Waals surface area contributed by atoms with Crippen LogP contribution in [0.15, 0.2) is 5.70 Å². The van der Waals surface area contributed by atoms with E-state index in [4.69, 9.17) is 21.2 Å². The number of nitrogens with zero attached hydrogens (tertiary/aromatic N) is 2. The minimum absolute atomic E-state index is 0.348. The predicted octanol–water partition coefficient (Wildman–Crippen LogP) is 3.39. The Morgan fingerprint density at radius 1 is 1.23 bits per heavy atom. The maximum absolute atomic E-state index is 11.0. The van der Waals surface area contributed by atoms with Gasteiger partial charge in [0.15, 0.2) is 11.5 Å². The lowest BCUT2D eigenvalue weighted by Crippen LogP contribution is -2.07. The molecule has 116 valence electrons. The van der Waals surface area contributed by atoms with Crippen LogP contribution in [0.4, 0.5) is 5.00 Å². The van der Waals surface area contributed by atoms with Crippen LogP contribution < -0.4 is 14.4 Å². The molecule has 22 heavy (non-hydrogen) atoms. The zero-order chi connectivity index (χ0) is 16.4. The molecule has 0 aromatic carbocycles. The third-order valence-electron chi connectivity index (χ3n) is 2.87. The van der Waals surface area contributed by atoms with Crippen molar-refractivity contribution < 1.29 is 19.4 Å². The first-order valence-electron chi connectivity index (χ1n) is 6.11. The molecule has 0 spiro atoms. The first kappa shape index (κ1) is 16.1. The normalized spacial score (nSPS) is 11.3. The standard InChI is InChI=1S/C14H14N2O4S2/c1-15-7(14(17)18)6-8-9(19-4)11-12(21-8)10(20-5)13(22-11)16(2)3/h6H,2-5H3,(H,17,18)/b7-6-.